The molecule has 2 rings (SSSR count). The van der Waals surface area contributed by atoms with Gasteiger partial charge in [-0.15, -0.1) is 0 Å². The van der Waals surface area contributed by atoms with Crippen LogP contribution < -0.4 is 4.74 Å². The summed E-state index contributed by atoms with van der Waals surface area (Å²) in [6, 6.07) is 16.0. The molecule has 2 atom stereocenters. The lowest BCUT2D eigenvalue weighted by atomic mass is 10.1. The number of halogens is 1. The highest BCUT2D eigenvalue weighted by Crippen LogP contribution is 2.21. The Kier molecular flexibility index (Phi) is 5.72. The number of aliphatic hydroxyl groups excluding tert-OH is 1. The number of methoxy groups -OCH3 is 1. The number of alkyl halides is 1. The fraction of sp³-hybridized carbons (Fsp3) is 0.294. The highest BCUT2D eigenvalue weighted by atomic mass is 19.1. The van der Waals surface area contributed by atoms with Crippen LogP contribution >= 0.6 is 0 Å². The Hall–Kier alpha value is -1.91. The van der Waals surface area contributed by atoms with E-state index in [1.165, 1.54) is 0 Å². The molecule has 0 aliphatic carbocycles. The quantitative estimate of drug-likeness (QED) is 0.850. The Morgan fingerprint density at radius 3 is 2.33 bits per heavy atom. The fourth-order valence-corrected chi connectivity index (χ4v) is 1.96. The van der Waals surface area contributed by atoms with Gasteiger partial charge in [0.2, 0.25) is 0 Å². The first-order chi connectivity index (χ1) is 10.2. The average Bonchev–Trinajstić information content (AvgIpc) is 2.55. The highest BCUT2D eigenvalue weighted by molar-refractivity contribution is 5.26. The van der Waals surface area contributed by atoms with Crippen molar-refractivity contribution in [2.45, 2.75) is 18.9 Å². The van der Waals surface area contributed by atoms with E-state index < -0.39 is 12.3 Å². The molecule has 4 heteroatoms. The van der Waals surface area contributed by atoms with Gasteiger partial charge in [0, 0.05) is 0 Å². The Bertz CT molecular complexity index is 527. The number of benzene rings is 2. The van der Waals surface area contributed by atoms with Crippen LogP contribution in [0, 0.1) is 0 Å². The molecule has 1 N–H and O–H groups in total. The maximum absolute atomic E-state index is 14.0. The molecule has 0 saturated carbocycles. The zero-order valence-corrected chi connectivity index (χ0v) is 11.9. The van der Waals surface area contributed by atoms with E-state index in [1.807, 2.05) is 30.3 Å². The summed E-state index contributed by atoms with van der Waals surface area (Å²) in [4.78, 5) is 0. The summed E-state index contributed by atoms with van der Waals surface area (Å²) in [7, 11) is 1.60. The van der Waals surface area contributed by atoms with E-state index in [-0.39, 0.29) is 6.61 Å². The monoisotopic (exact) mass is 290 g/mol. The molecule has 0 unspecified atom stereocenters. The van der Waals surface area contributed by atoms with E-state index in [0.29, 0.717) is 12.2 Å². The summed E-state index contributed by atoms with van der Waals surface area (Å²) in [6.07, 6.45) is -2.62. The van der Waals surface area contributed by atoms with Crippen LogP contribution in [0.1, 0.15) is 17.3 Å². The van der Waals surface area contributed by atoms with Crippen molar-refractivity contribution in [3.63, 3.8) is 0 Å². The highest BCUT2D eigenvalue weighted by Gasteiger charge is 2.20. The second-order valence-corrected chi connectivity index (χ2v) is 4.74. The number of hydrogen-bond donors (Lipinski definition) is 1. The van der Waals surface area contributed by atoms with Gasteiger partial charge in [0.25, 0.3) is 0 Å². The summed E-state index contributed by atoms with van der Waals surface area (Å²) in [6.45, 7) is 0.269. The molecule has 0 aliphatic heterocycles. The van der Waals surface area contributed by atoms with Crippen molar-refractivity contribution < 1.29 is 19.0 Å². The number of ether oxygens (including phenoxy) is 2. The molecule has 0 amide bonds. The van der Waals surface area contributed by atoms with Gasteiger partial charge in [-0.2, -0.15) is 0 Å². The van der Waals surface area contributed by atoms with Gasteiger partial charge in [0.1, 0.15) is 11.9 Å². The molecule has 0 spiro atoms. The van der Waals surface area contributed by atoms with Gasteiger partial charge >= 0.3 is 0 Å². The Balaban J connectivity index is 1.79. The lowest BCUT2D eigenvalue weighted by Gasteiger charge is -2.16. The minimum atomic E-state index is -1.44. The number of aliphatic hydroxyl groups is 1. The van der Waals surface area contributed by atoms with Crippen LogP contribution in [0.25, 0.3) is 0 Å². The van der Waals surface area contributed by atoms with Crippen molar-refractivity contribution in [3.05, 3.63) is 65.7 Å². The van der Waals surface area contributed by atoms with Crippen molar-refractivity contribution in [2.75, 3.05) is 13.7 Å². The fourth-order valence-electron chi connectivity index (χ4n) is 1.96. The zero-order valence-electron chi connectivity index (χ0n) is 11.9. The first-order valence-corrected chi connectivity index (χ1v) is 6.78. The van der Waals surface area contributed by atoms with Gasteiger partial charge in [-0.25, -0.2) is 4.39 Å². The predicted molar refractivity (Wildman–Crippen MR) is 78.9 cm³/mol. The first-order valence-electron chi connectivity index (χ1n) is 6.78. The van der Waals surface area contributed by atoms with Gasteiger partial charge < -0.3 is 14.6 Å². The number of rotatable bonds is 7. The summed E-state index contributed by atoms with van der Waals surface area (Å²) < 4.78 is 24.4. The van der Waals surface area contributed by atoms with Crippen LogP contribution in [0.15, 0.2) is 54.6 Å². The average molecular weight is 290 g/mol. The summed E-state index contributed by atoms with van der Waals surface area (Å²) >= 11 is 0. The summed E-state index contributed by atoms with van der Waals surface area (Å²) in [5.41, 5.74) is 1.40. The molecule has 2 aromatic rings. The SMILES string of the molecule is COc1ccc(COC[C@H](O)[C@H](F)c2ccccc2)cc1. The minimum Gasteiger partial charge on any atom is -0.497 e. The third kappa shape index (κ3) is 4.55. The van der Waals surface area contributed by atoms with Gasteiger partial charge in [-0.05, 0) is 23.3 Å². The molecule has 3 nitrogen and oxygen atoms in total. The first kappa shape index (κ1) is 15.5. The second-order valence-electron chi connectivity index (χ2n) is 4.74. The van der Waals surface area contributed by atoms with E-state index in [4.69, 9.17) is 9.47 Å². The van der Waals surface area contributed by atoms with Crippen LogP contribution in [0.3, 0.4) is 0 Å². The topological polar surface area (TPSA) is 38.7 Å². The molecular formula is C17H19FO3. The molecule has 2 aromatic carbocycles. The van der Waals surface area contributed by atoms with Crippen LogP contribution in [0.4, 0.5) is 4.39 Å². The van der Waals surface area contributed by atoms with Gasteiger partial charge in [-0.1, -0.05) is 42.5 Å². The van der Waals surface area contributed by atoms with Crippen LogP contribution in [-0.2, 0) is 11.3 Å². The molecule has 0 bridgehead atoms. The van der Waals surface area contributed by atoms with Crippen molar-refractivity contribution in [1.82, 2.24) is 0 Å². The zero-order chi connectivity index (χ0) is 15.1. The standard InChI is InChI=1S/C17H19FO3/c1-20-15-9-7-13(8-10-15)11-21-12-16(19)17(18)14-5-3-2-4-6-14/h2-10,16-17,19H,11-12H2,1H3/t16-,17+/m0/s1. The Labute approximate surface area is 124 Å². The third-order valence-electron chi connectivity index (χ3n) is 3.17. The minimum absolute atomic E-state index is 0.0535. The summed E-state index contributed by atoms with van der Waals surface area (Å²) in [5, 5.41) is 9.81. The molecule has 0 aliphatic rings. The molecular weight excluding hydrogens is 271 g/mol. The van der Waals surface area contributed by atoms with E-state index in [0.717, 1.165) is 11.3 Å². The van der Waals surface area contributed by atoms with Crippen molar-refractivity contribution in [2.24, 2.45) is 0 Å². The van der Waals surface area contributed by atoms with E-state index >= 15 is 0 Å². The summed E-state index contributed by atoms with van der Waals surface area (Å²) in [5.74, 6) is 0.770. The van der Waals surface area contributed by atoms with Gasteiger partial charge in [0.15, 0.2) is 6.17 Å². The molecule has 0 aromatic heterocycles. The molecule has 0 fully saturated rings. The lowest BCUT2D eigenvalue weighted by Crippen LogP contribution is -2.21. The van der Waals surface area contributed by atoms with Gasteiger partial charge in [-0.3, -0.25) is 0 Å². The van der Waals surface area contributed by atoms with E-state index in [2.05, 4.69) is 0 Å². The number of hydrogen-bond acceptors (Lipinski definition) is 3. The predicted octanol–water partition coefficient (Wildman–Crippen LogP) is 3.28. The maximum atomic E-state index is 14.0. The maximum Gasteiger partial charge on any atom is 0.153 e. The van der Waals surface area contributed by atoms with Crippen LogP contribution in [-0.4, -0.2) is 24.9 Å². The van der Waals surface area contributed by atoms with Gasteiger partial charge in [0.05, 0.1) is 20.3 Å². The van der Waals surface area contributed by atoms with E-state index in [1.54, 1.807) is 31.4 Å². The molecule has 0 saturated heterocycles. The largest absolute Gasteiger partial charge is 0.497 e. The van der Waals surface area contributed by atoms with Crippen LogP contribution in [0.2, 0.25) is 0 Å². The van der Waals surface area contributed by atoms with Crippen LogP contribution in [0.5, 0.6) is 5.75 Å². The van der Waals surface area contributed by atoms with Crippen molar-refractivity contribution in [3.8, 4) is 5.75 Å². The Morgan fingerprint density at radius 2 is 1.71 bits per heavy atom. The normalized spacial score (nSPS) is 13.7. The Morgan fingerprint density at radius 1 is 1.05 bits per heavy atom. The molecule has 0 radical (unpaired) electrons. The van der Waals surface area contributed by atoms with Crippen molar-refractivity contribution >= 4 is 0 Å². The second kappa shape index (κ2) is 7.76. The third-order valence-corrected chi connectivity index (χ3v) is 3.17. The smallest absolute Gasteiger partial charge is 0.153 e. The molecule has 0 heterocycles. The van der Waals surface area contributed by atoms with E-state index in [9.17, 15) is 9.50 Å². The molecule has 112 valence electrons. The molecule has 21 heavy (non-hydrogen) atoms. The van der Waals surface area contributed by atoms with Crippen molar-refractivity contribution in [1.29, 1.82) is 0 Å². The lowest BCUT2D eigenvalue weighted by molar-refractivity contribution is -0.0136.